The number of nitrogens with zero attached hydrogens (tertiary/aromatic N) is 3. The van der Waals surface area contributed by atoms with Crippen molar-refractivity contribution in [3.8, 4) is 0 Å². The van der Waals surface area contributed by atoms with Crippen molar-refractivity contribution >= 4 is 34.2 Å². The second-order valence-electron chi connectivity index (χ2n) is 7.40. The van der Waals surface area contributed by atoms with Crippen LogP contribution in [0.15, 0.2) is 54.9 Å². The SMILES string of the molecule is C[C@@H](Nc1ncnc2c(C(N)=O)cccc12)c1cccc(NC(=O)c2cc(C(F)(F)F)[nH]n2)c1. The normalized spacial score (nSPS) is 12.4. The maximum Gasteiger partial charge on any atom is 0.432 e. The predicted octanol–water partition coefficient (Wildman–Crippen LogP) is 3.90. The fourth-order valence-corrected chi connectivity index (χ4v) is 3.35. The molecule has 2 heterocycles. The molecule has 0 saturated carbocycles. The zero-order valence-electron chi connectivity index (χ0n) is 17.6. The minimum atomic E-state index is -4.63. The van der Waals surface area contributed by atoms with E-state index in [0.717, 1.165) is 5.56 Å². The number of fused-ring (bicyclic) bond motifs is 1. The highest BCUT2D eigenvalue weighted by Gasteiger charge is 2.33. The highest BCUT2D eigenvalue weighted by Crippen LogP contribution is 2.29. The zero-order chi connectivity index (χ0) is 24.5. The number of alkyl halides is 3. The van der Waals surface area contributed by atoms with E-state index in [9.17, 15) is 22.8 Å². The smallest absolute Gasteiger partial charge is 0.366 e. The number of nitrogens with two attached hydrogens (primary N) is 1. The molecule has 12 heteroatoms. The van der Waals surface area contributed by atoms with E-state index in [1.165, 1.54) is 6.33 Å². The highest BCUT2D eigenvalue weighted by molar-refractivity contribution is 6.07. The van der Waals surface area contributed by atoms with Gasteiger partial charge >= 0.3 is 6.18 Å². The molecule has 34 heavy (non-hydrogen) atoms. The van der Waals surface area contributed by atoms with Crippen LogP contribution in [0.1, 0.15) is 45.1 Å². The molecule has 9 nitrogen and oxygen atoms in total. The lowest BCUT2D eigenvalue weighted by Crippen LogP contribution is -2.14. The summed E-state index contributed by atoms with van der Waals surface area (Å²) in [6.45, 7) is 1.86. The Morgan fingerprint density at radius 2 is 1.85 bits per heavy atom. The van der Waals surface area contributed by atoms with Gasteiger partial charge in [-0.2, -0.15) is 18.3 Å². The van der Waals surface area contributed by atoms with E-state index in [-0.39, 0.29) is 17.3 Å². The van der Waals surface area contributed by atoms with Crippen molar-refractivity contribution < 1.29 is 22.8 Å². The van der Waals surface area contributed by atoms with Gasteiger partial charge in [-0.15, -0.1) is 0 Å². The molecular formula is C22H18F3N7O2. The number of carbonyl (C=O) groups excluding carboxylic acids is 2. The minimum absolute atomic E-state index is 0.271. The summed E-state index contributed by atoms with van der Waals surface area (Å²) in [4.78, 5) is 32.4. The first kappa shape index (κ1) is 22.7. The number of primary amides is 1. The summed E-state index contributed by atoms with van der Waals surface area (Å²) in [5, 5.41) is 11.6. The van der Waals surface area contributed by atoms with Gasteiger partial charge in [-0.1, -0.05) is 18.2 Å². The van der Waals surface area contributed by atoms with Crippen LogP contribution in [0.25, 0.3) is 10.9 Å². The van der Waals surface area contributed by atoms with Gasteiger partial charge in [0.05, 0.1) is 17.1 Å². The standard InChI is InChI=1S/C22H18F3N7O2/c1-11(29-20-15-7-3-6-14(19(26)33)18(15)27-10-28-20)12-4-2-5-13(8-12)30-21(34)16-9-17(32-31-16)22(23,24)25/h2-11H,1H3,(H2,26,33)(H,30,34)(H,31,32)(H,27,28,29)/t11-/m1/s1. The Labute approximate surface area is 190 Å². The van der Waals surface area contributed by atoms with Crippen LogP contribution < -0.4 is 16.4 Å². The zero-order valence-corrected chi connectivity index (χ0v) is 17.6. The molecule has 5 N–H and O–H groups in total. The quantitative estimate of drug-likeness (QED) is 0.338. The van der Waals surface area contributed by atoms with E-state index >= 15 is 0 Å². The van der Waals surface area contributed by atoms with Gasteiger partial charge in [0.15, 0.2) is 5.69 Å². The minimum Gasteiger partial charge on any atom is -0.366 e. The lowest BCUT2D eigenvalue weighted by atomic mass is 10.1. The molecule has 174 valence electrons. The first-order valence-electron chi connectivity index (χ1n) is 9.97. The number of carbonyl (C=O) groups is 2. The molecule has 2 aromatic heterocycles. The average molecular weight is 469 g/mol. The number of benzene rings is 2. The lowest BCUT2D eigenvalue weighted by Gasteiger charge is -2.17. The van der Waals surface area contributed by atoms with Gasteiger partial charge in [-0.25, -0.2) is 9.97 Å². The molecule has 4 rings (SSSR count). The number of anilines is 2. The number of nitrogens with one attached hydrogen (secondary N) is 3. The summed E-state index contributed by atoms with van der Waals surface area (Å²) < 4.78 is 38.2. The number of halogens is 3. The Morgan fingerprint density at radius 3 is 2.56 bits per heavy atom. The van der Waals surface area contributed by atoms with Crippen LogP contribution in [0, 0.1) is 0 Å². The van der Waals surface area contributed by atoms with Crippen molar-refractivity contribution in [2.45, 2.75) is 19.1 Å². The molecule has 0 saturated heterocycles. The molecule has 0 unspecified atom stereocenters. The van der Waals surface area contributed by atoms with Crippen LogP contribution in [0.4, 0.5) is 24.7 Å². The third kappa shape index (κ3) is 4.65. The molecule has 0 bridgehead atoms. The summed E-state index contributed by atoms with van der Waals surface area (Å²) >= 11 is 0. The number of hydrogen-bond donors (Lipinski definition) is 4. The second kappa shape index (κ2) is 8.81. The van der Waals surface area contributed by atoms with Gasteiger partial charge in [-0.3, -0.25) is 14.7 Å². The van der Waals surface area contributed by atoms with Gasteiger partial charge in [0.1, 0.15) is 17.8 Å². The van der Waals surface area contributed by atoms with Gasteiger partial charge in [0.2, 0.25) is 0 Å². The van der Waals surface area contributed by atoms with Crippen molar-refractivity contribution in [3.05, 3.63) is 77.4 Å². The molecule has 0 radical (unpaired) electrons. The molecule has 0 spiro atoms. The van der Waals surface area contributed by atoms with Crippen LogP contribution in [0.5, 0.6) is 0 Å². The fourth-order valence-electron chi connectivity index (χ4n) is 3.35. The van der Waals surface area contributed by atoms with Crippen molar-refractivity contribution in [2.75, 3.05) is 10.6 Å². The monoisotopic (exact) mass is 469 g/mol. The molecule has 0 aliphatic carbocycles. The number of rotatable bonds is 6. The third-order valence-corrected chi connectivity index (χ3v) is 5.04. The van der Waals surface area contributed by atoms with Crippen molar-refractivity contribution in [3.63, 3.8) is 0 Å². The molecule has 1 atom stereocenters. The molecule has 2 aromatic carbocycles. The van der Waals surface area contributed by atoms with Crippen LogP contribution in [-0.2, 0) is 6.18 Å². The molecule has 0 fully saturated rings. The van der Waals surface area contributed by atoms with E-state index in [1.807, 2.05) is 18.1 Å². The largest absolute Gasteiger partial charge is 0.432 e. The first-order valence-corrected chi connectivity index (χ1v) is 9.97. The number of para-hydroxylation sites is 1. The van der Waals surface area contributed by atoms with Gasteiger partial charge in [0, 0.05) is 17.1 Å². The molecule has 0 aliphatic heterocycles. The third-order valence-electron chi connectivity index (χ3n) is 5.04. The van der Waals surface area contributed by atoms with Crippen molar-refractivity contribution in [1.82, 2.24) is 20.2 Å². The van der Waals surface area contributed by atoms with Gasteiger partial charge in [0.25, 0.3) is 11.8 Å². The molecule has 0 aliphatic rings. The fraction of sp³-hybridized carbons (Fsp3) is 0.136. The van der Waals surface area contributed by atoms with Gasteiger partial charge < -0.3 is 16.4 Å². The highest BCUT2D eigenvalue weighted by atomic mass is 19.4. The van der Waals surface area contributed by atoms with Crippen molar-refractivity contribution in [1.29, 1.82) is 0 Å². The molecular weight excluding hydrogens is 451 g/mol. The topological polar surface area (TPSA) is 139 Å². The number of H-pyrrole nitrogens is 1. The van der Waals surface area contributed by atoms with Crippen LogP contribution >= 0.6 is 0 Å². The summed E-state index contributed by atoms with van der Waals surface area (Å²) in [6.07, 6.45) is -3.31. The van der Waals surface area contributed by atoms with E-state index in [0.29, 0.717) is 28.5 Å². The second-order valence-corrected chi connectivity index (χ2v) is 7.40. The van der Waals surface area contributed by atoms with E-state index in [2.05, 4.69) is 25.7 Å². The Hall–Kier alpha value is -4.48. The Bertz CT molecular complexity index is 1380. The summed E-state index contributed by atoms with van der Waals surface area (Å²) in [6, 6.07) is 12.1. The Morgan fingerprint density at radius 1 is 1.09 bits per heavy atom. The van der Waals surface area contributed by atoms with Crippen LogP contribution in [0.3, 0.4) is 0 Å². The number of amides is 2. The van der Waals surface area contributed by atoms with Gasteiger partial charge in [-0.05, 0) is 36.8 Å². The lowest BCUT2D eigenvalue weighted by molar-refractivity contribution is -0.141. The maximum atomic E-state index is 12.7. The number of hydrogen-bond acceptors (Lipinski definition) is 6. The summed E-state index contributed by atoms with van der Waals surface area (Å²) in [5.41, 5.74) is 5.74. The van der Waals surface area contributed by atoms with E-state index in [4.69, 9.17) is 5.73 Å². The predicted molar refractivity (Wildman–Crippen MR) is 118 cm³/mol. The number of aromatic amines is 1. The van der Waals surface area contributed by atoms with Crippen molar-refractivity contribution in [2.24, 2.45) is 5.73 Å². The number of aromatic nitrogens is 4. The van der Waals surface area contributed by atoms with Crippen LogP contribution in [0.2, 0.25) is 0 Å². The Kier molecular flexibility index (Phi) is 5.88. The summed E-state index contributed by atoms with van der Waals surface area (Å²) in [5.74, 6) is -0.914. The average Bonchev–Trinajstić information content (AvgIpc) is 3.30. The van der Waals surface area contributed by atoms with E-state index in [1.54, 1.807) is 36.4 Å². The summed E-state index contributed by atoms with van der Waals surface area (Å²) in [7, 11) is 0. The molecule has 4 aromatic rings. The molecule has 2 amide bonds. The van der Waals surface area contributed by atoms with Crippen LogP contribution in [-0.4, -0.2) is 32.0 Å². The van der Waals surface area contributed by atoms with E-state index < -0.39 is 23.7 Å². The first-order chi connectivity index (χ1) is 16.1. The maximum absolute atomic E-state index is 12.7. The Balaban J connectivity index is 1.53.